The largest absolute Gasteiger partial charge is 0.341 e. The van der Waals surface area contributed by atoms with Crippen molar-refractivity contribution in [1.29, 1.82) is 0 Å². The molecule has 0 spiro atoms. The summed E-state index contributed by atoms with van der Waals surface area (Å²) in [6, 6.07) is 10.4. The Morgan fingerprint density at radius 2 is 2.14 bits per heavy atom. The molecule has 1 aliphatic rings. The molecule has 0 aromatic heterocycles. The van der Waals surface area contributed by atoms with Crippen LogP contribution in [0.4, 0.5) is 0 Å². The minimum atomic E-state index is -0.121. The highest BCUT2D eigenvalue weighted by Crippen LogP contribution is 2.17. The smallest absolute Gasteiger partial charge is 0.227 e. The Balaban J connectivity index is 1.98. The molecule has 2 rings (SSSR count). The van der Waals surface area contributed by atoms with Gasteiger partial charge in [-0.05, 0) is 38.4 Å². The van der Waals surface area contributed by atoms with Crippen LogP contribution in [-0.4, -0.2) is 55.5 Å². The summed E-state index contributed by atoms with van der Waals surface area (Å²) in [6.07, 6.45) is 2.98. The molecule has 4 heteroatoms. The Morgan fingerprint density at radius 1 is 1.43 bits per heavy atom. The molecule has 2 unspecified atom stereocenters. The minimum Gasteiger partial charge on any atom is -0.341 e. The Bertz CT molecular complexity index is 449. The summed E-state index contributed by atoms with van der Waals surface area (Å²) in [6.45, 7) is 2.49. The van der Waals surface area contributed by atoms with Crippen LogP contribution in [-0.2, 0) is 11.2 Å². The number of hydrogen-bond acceptors (Lipinski definition) is 3. The molecule has 0 aliphatic carbocycles. The minimum absolute atomic E-state index is 0.121. The van der Waals surface area contributed by atoms with Crippen molar-refractivity contribution < 1.29 is 4.79 Å². The molecule has 1 heterocycles. The van der Waals surface area contributed by atoms with Gasteiger partial charge >= 0.3 is 0 Å². The maximum absolute atomic E-state index is 12.7. The molecule has 1 amide bonds. The fraction of sp³-hybridized carbons (Fsp3) is 0.588. The zero-order chi connectivity index (χ0) is 15.2. The van der Waals surface area contributed by atoms with E-state index >= 15 is 0 Å². The Morgan fingerprint density at radius 3 is 2.76 bits per heavy atom. The summed E-state index contributed by atoms with van der Waals surface area (Å²) in [5, 5.41) is 0. The molecule has 1 saturated heterocycles. The van der Waals surface area contributed by atoms with Crippen molar-refractivity contribution in [3.63, 3.8) is 0 Å². The van der Waals surface area contributed by atoms with Crippen molar-refractivity contribution in [1.82, 2.24) is 9.80 Å². The van der Waals surface area contributed by atoms with E-state index in [1.54, 1.807) is 0 Å². The van der Waals surface area contributed by atoms with E-state index in [0.717, 1.165) is 32.4 Å². The summed E-state index contributed by atoms with van der Waals surface area (Å²) in [4.78, 5) is 16.9. The summed E-state index contributed by atoms with van der Waals surface area (Å²) in [7, 11) is 4.05. The van der Waals surface area contributed by atoms with Gasteiger partial charge in [0, 0.05) is 26.2 Å². The van der Waals surface area contributed by atoms with Crippen molar-refractivity contribution in [3.8, 4) is 0 Å². The molecule has 1 aliphatic heterocycles. The highest BCUT2D eigenvalue weighted by atomic mass is 16.2. The van der Waals surface area contributed by atoms with E-state index in [1.807, 2.05) is 30.1 Å². The van der Waals surface area contributed by atoms with Crippen LogP contribution in [0.5, 0.6) is 0 Å². The van der Waals surface area contributed by atoms with Gasteiger partial charge in [-0.1, -0.05) is 30.3 Å². The number of hydrogen-bond donors (Lipinski definition) is 1. The van der Waals surface area contributed by atoms with Gasteiger partial charge in [0.25, 0.3) is 0 Å². The fourth-order valence-electron chi connectivity index (χ4n) is 3.09. The van der Waals surface area contributed by atoms with Crippen LogP contribution in [0, 0.1) is 5.92 Å². The Labute approximate surface area is 127 Å². The lowest BCUT2D eigenvalue weighted by molar-refractivity contribution is -0.136. The van der Waals surface area contributed by atoms with Crippen LogP contribution in [0.3, 0.4) is 0 Å². The summed E-state index contributed by atoms with van der Waals surface area (Å²) in [5.41, 5.74) is 7.03. The predicted molar refractivity (Wildman–Crippen MR) is 86.0 cm³/mol. The molecule has 0 bridgehead atoms. The zero-order valence-electron chi connectivity index (χ0n) is 13.2. The van der Waals surface area contributed by atoms with Crippen molar-refractivity contribution >= 4 is 5.91 Å². The lowest BCUT2D eigenvalue weighted by Gasteiger charge is -2.37. The highest BCUT2D eigenvalue weighted by Gasteiger charge is 2.28. The first-order valence-corrected chi connectivity index (χ1v) is 7.81. The van der Waals surface area contributed by atoms with Crippen molar-refractivity contribution in [3.05, 3.63) is 35.9 Å². The lowest BCUT2D eigenvalue weighted by Crippen LogP contribution is -2.50. The van der Waals surface area contributed by atoms with E-state index in [0.29, 0.717) is 12.6 Å². The number of carbonyl (C=O) groups excluding carboxylic acids is 1. The molecule has 1 aromatic rings. The standard InChI is InChI=1S/C17H27N3O/c1-19-10-6-9-16(13-19)20(2)17(21)15(12-18)11-14-7-4-3-5-8-14/h3-5,7-8,15-16H,6,9-13,18H2,1-2H3. The highest BCUT2D eigenvalue weighted by molar-refractivity contribution is 5.79. The average Bonchev–Trinajstić information content (AvgIpc) is 2.52. The zero-order valence-corrected chi connectivity index (χ0v) is 13.2. The van der Waals surface area contributed by atoms with Gasteiger partial charge in [0.15, 0.2) is 0 Å². The van der Waals surface area contributed by atoms with Gasteiger partial charge in [-0.15, -0.1) is 0 Å². The second kappa shape index (κ2) is 7.57. The normalized spacial score (nSPS) is 21.0. The number of benzene rings is 1. The average molecular weight is 289 g/mol. The van der Waals surface area contributed by atoms with E-state index < -0.39 is 0 Å². The van der Waals surface area contributed by atoms with E-state index in [1.165, 1.54) is 5.56 Å². The first kappa shape index (κ1) is 16.0. The molecular formula is C17H27N3O. The van der Waals surface area contributed by atoms with E-state index in [-0.39, 0.29) is 11.8 Å². The first-order valence-electron chi connectivity index (χ1n) is 7.81. The third kappa shape index (κ3) is 4.29. The van der Waals surface area contributed by atoms with E-state index in [2.05, 4.69) is 24.1 Å². The predicted octanol–water partition coefficient (Wildman–Crippen LogP) is 1.36. The summed E-state index contributed by atoms with van der Waals surface area (Å²) in [5.74, 6) is 0.0614. The number of nitrogens with two attached hydrogens (primary N) is 1. The third-order valence-electron chi connectivity index (χ3n) is 4.45. The van der Waals surface area contributed by atoms with Crippen LogP contribution in [0.1, 0.15) is 18.4 Å². The number of rotatable bonds is 5. The molecule has 116 valence electrons. The molecule has 0 saturated carbocycles. The Kier molecular flexibility index (Phi) is 5.76. The van der Waals surface area contributed by atoms with Crippen LogP contribution in [0.15, 0.2) is 30.3 Å². The molecule has 2 atom stereocenters. The van der Waals surface area contributed by atoms with Gasteiger partial charge in [-0.3, -0.25) is 4.79 Å². The van der Waals surface area contributed by atoms with E-state index in [4.69, 9.17) is 5.73 Å². The van der Waals surface area contributed by atoms with Gasteiger partial charge < -0.3 is 15.5 Å². The van der Waals surface area contributed by atoms with Gasteiger partial charge in [0.05, 0.1) is 5.92 Å². The molecule has 21 heavy (non-hydrogen) atoms. The van der Waals surface area contributed by atoms with Crippen molar-refractivity contribution in [2.24, 2.45) is 11.7 Å². The summed E-state index contributed by atoms with van der Waals surface area (Å²) < 4.78 is 0. The van der Waals surface area contributed by atoms with Crippen LogP contribution in [0.25, 0.3) is 0 Å². The number of likely N-dealkylation sites (N-methyl/N-ethyl adjacent to an activating group) is 2. The molecule has 1 fully saturated rings. The molecular weight excluding hydrogens is 262 g/mol. The molecule has 2 N–H and O–H groups in total. The summed E-state index contributed by atoms with van der Waals surface area (Å²) >= 11 is 0. The maximum atomic E-state index is 12.7. The quantitative estimate of drug-likeness (QED) is 0.890. The number of piperidine rings is 1. The number of nitrogens with zero attached hydrogens (tertiary/aromatic N) is 2. The second-order valence-corrected chi connectivity index (χ2v) is 6.13. The molecule has 1 aromatic carbocycles. The second-order valence-electron chi connectivity index (χ2n) is 6.13. The van der Waals surface area contributed by atoms with Gasteiger partial charge in [0.1, 0.15) is 0 Å². The van der Waals surface area contributed by atoms with Gasteiger partial charge in [0.2, 0.25) is 5.91 Å². The van der Waals surface area contributed by atoms with Crippen LogP contribution < -0.4 is 5.73 Å². The monoisotopic (exact) mass is 289 g/mol. The lowest BCUT2D eigenvalue weighted by atomic mass is 9.96. The van der Waals surface area contributed by atoms with Gasteiger partial charge in [-0.25, -0.2) is 0 Å². The van der Waals surface area contributed by atoms with Gasteiger partial charge in [-0.2, -0.15) is 0 Å². The fourth-order valence-corrected chi connectivity index (χ4v) is 3.09. The molecule has 4 nitrogen and oxygen atoms in total. The SMILES string of the molecule is CN1CCCC(N(C)C(=O)C(CN)Cc2ccccc2)C1. The van der Waals surface area contributed by atoms with Crippen LogP contribution in [0.2, 0.25) is 0 Å². The van der Waals surface area contributed by atoms with Crippen molar-refractivity contribution in [2.75, 3.05) is 33.7 Å². The topological polar surface area (TPSA) is 49.6 Å². The van der Waals surface area contributed by atoms with Crippen LogP contribution >= 0.6 is 0 Å². The number of carbonyl (C=O) groups is 1. The number of likely N-dealkylation sites (tertiary alicyclic amines) is 1. The van der Waals surface area contributed by atoms with E-state index in [9.17, 15) is 4.79 Å². The first-order chi connectivity index (χ1) is 10.1. The molecule has 0 radical (unpaired) electrons. The van der Waals surface area contributed by atoms with Crippen molar-refractivity contribution in [2.45, 2.75) is 25.3 Å². The maximum Gasteiger partial charge on any atom is 0.227 e. The number of amides is 1. The Hall–Kier alpha value is -1.39. The third-order valence-corrected chi connectivity index (χ3v) is 4.45.